The van der Waals surface area contributed by atoms with Gasteiger partial charge < -0.3 is 20.3 Å². The summed E-state index contributed by atoms with van der Waals surface area (Å²) in [5, 5.41) is 5.34. The van der Waals surface area contributed by atoms with Crippen LogP contribution >= 0.6 is 0 Å². The number of hydrogen-bond acceptors (Lipinski definition) is 5. The van der Waals surface area contributed by atoms with E-state index in [4.69, 9.17) is 4.74 Å². The van der Waals surface area contributed by atoms with Gasteiger partial charge in [0.25, 0.3) is 0 Å². The van der Waals surface area contributed by atoms with Gasteiger partial charge in [-0.25, -0.2) is 4.79 Å². The zero-order valence-electron chi connectivity index (χ0n) is 16.6. The number of aromatic nitrogens is 1. The fourth-order valence-corrected chi connectivity index (χ4v) is 2.97. The topological polar surface area (TPSA) is 101 Å². The molecule has 3 amide bonds. The maximum absolute atomic E-state index is 13.1. The lowest BCUT2D eigenvalue weighted by Crippen LogP contribution is -2.51. The largest absolute Gasteiger partial charge is 0.444 e. The van der Waals surface area contributed by atoms with Crippen LogP contribution in [0.15, 0.2) is 48.8 Å². The van der Waals surface area contributed by atoms with E-state index in [2.05, 4.69) is 15.6 Å². The molecule has 0 fully saturated rings. The highest BCUT2D eigenvalue weighted by molar-refractivity contribution is 6.06. The fourth-order valence-electron chi connectivity index (χ4n) is 2.97. The van der Waals surface area contributed by atoms with Crippen LogP contribution in [0.25, 0.3) is 0 Å². The predicted molar refractivity (Wildman–Crippen MR) is 109 cm³/mol. The molecule has 0 radical (unpaired) electrons. The molecule has 2 heterocycles. The van der Waals surface area contributed by atoms with Gasteiger partial charge in [0.05, 0.1) is 24.3 Å². The number of fused-ring (bicyclic) bond motifs is 1. The number of carbonyl (C=O) groups is 3. The molecule has 29 heavy (non-hydrogen) atoms. The molecule has 0 unspecified atom stereocenters. The van der Waals surface area contributed by atoms with Gasteiger partial charge in [-0.3, -0.25) is 14.6 Å². The molecule has 0 spiro atoms. The summed E-state index contributed by atoms with van der Waals surface area (Å²) in [7, 11) is 0. The summed E-state index contributed by atoms with van der Waals surface area (Å²) < 4.78 is 5.26. The fraction of sp³-hybridized carbons (Fsp3) is 0.333. The Hall–Kier alpha value is -3.42. The van der Waals surface area contributed by atoms with Crippen molar-refractivity contribution in [1.82, 2.24) is 10.3 Å². The first-order valence-electron chi connectivity index (χ1n) is 9.31. The van der Waals surface area contributed by atoms with Crippen LogP contribution < -0.4 is 15.5 Å². The molecule has 1 atom stereocenters. The van der Waals surface area contributed by atoms with Crippen molar-refractivity contribution < 1.29 is 19.1 Å². The van der Waals surface area contributed by atoms with Crippen LogP contribution in [0.1, 0.15) is 26.3 Å². The van der Waals surface area contributed by atoms with Crippen molar-refractivity contribution in [3.63, 3.8) is 0 Å². The Morgan fingerprint density at radius 1 is 1.24 bits per heavy atom. The van der Waals surface area contributed by atoms with Gasteiger partial charge in [0.1, 0.15) is 11.6 Å². The van der Waals surface area contributed by atoms with Crippen molar-refractivity contribution in [1.29, 1.82) is 0 Å². The third-order valence-electron chi connectivity index (χ3n) is 4.20. The lowest BCUT2D eigenvalue weighted by Gasteiger charge is -2.26. The van der Waals surface area contributed by atoms with E-state index in [1.54, 1.807) is 63.5 Å². The summed E-state index contributed by atoms with van der Waals surface area (Å²) in [5.74, 6) is -0.627. The summed E-state index contributed by atoms with van der Waals surface area (Å²) in [6, 6.07) is 9.64. The monoisotopic (exact) mass is 396 g/mol. The standard InChI is InChI=1S/C21H24N4O4/c1-21(2,3)29-20(28)24-16-13-25(18(26)11-14-7-6-10-22-12-14)17-9-5-4-8-15(17)23-19(16)27/h4-10,12,16H,11,13H2,1-3H3,(H,23,27)(H,24,28)/t16-/m0/s1. The molecule has 0 saturated heterocycles. The van der Waals surface area contributed by atoms with Gasteiger partial charge in [0, 0.05) is 12.4 Å². The number of carbonyl (C=O) groups excluding carboxylic acids is 3. The lowest BCUT2D eigenvalue weighted by molar-refractivity contribution is -0.119. The zero-order valence-corrected chi connectivity index (χ0v) is 16.6. The van der Waals surface area contributed by atoms with Crippen LogP contribution in [0, 0.1) is 0 Å². The highest BCUT2D eigenvalue weighted by atomic mass is 16.6. The highest BCUT2D eigenvalue weighted by Gasteiger charge is 2.33. The number of pyridine rings is 1. The predicted octanol–water partition coefficient (Wildman–Crippen LogP) is 2.50. The number of benzene rings is 1. The average Bonchev–Trinajstić information content (AvgIpc) is 2.78. The second kappa shape index (κ2) is 8.30. The van der Waals surface area contributed by atoms with E-state index in [-0.39, 0.29) is 18.9 Å². The first-order valence-corrected chi connectivity index (χ1v) is 9.31. The summed E-state index contributed by atoms with van der Waals surface area (Å²) >= 11 is 0. The molecule has 0 saturated carbocycles. The smallest absolute Gasteiger partial charge is 0.408 e. The number of alkyl carbamates (subject to hydrolysis) is 1. The van der Waals surface area contributed by atoms with Crippen molar-refractivity contribution in [2.45, 2.75) is 38.8 Å². The Balaban J connectivity index is 1.85. The van der Waals surface area contributed by atoms with Crippen molar-refractivity contribution >= 4 is 29.3 Å². The van der Waals surface area contributed by atoms with E-state index in [0.717, 1.165) is 5.56 Å². The molecule has 1 aromatic carbocycles. The number of amides is 3. The summed E-state index contributed by atoms with van der Waals surface area (Å²) in [6.45, 7) is 5.19. The first kappa shape index (κ1) is 20.3. The Bertz CT molecular complexity index is 908. The molecular weight excluding hydrogens is 372 g/mol. The Morgan fingerprint density at radius 2 is 2.00 bits per heavy atom. The Labute approximate surface area is 169 Å². The second-order valence-electron chi connectivity index (χ2n) is 7.75. The Kier molecular flexibility index (Phi) is 5.81. The minimum Gasteiger partial charge on any atom is -0.444 e. The van der Waals surface area contributed by atoms with Gasteiger partial charge in [-0.2, -0.15) is 0 Å². The minimum atomic E-state index is -0.963. The molecule has 152 valence electrons. The van der Waals surface area contributed by atoms with Gasteiger partial charge in [0.2, 0.25) is 11.8 Å². The van der Waals surface area contributed by atoms with Crippen LogP contribution in [-0.4, -0.2) is 41.1 Å². The van der Waals surface area contributed by atoms with E-state index < -0.39 is 23.6 Å². The number of nitrogens with zero attached hydrogens (tertiary/aromatic N) is 2. The Morgan fingerprint density at radius 3 is 2.69 bits per heavy atom. The quantitative estimate of drug-likeness (QED) is 0.830. The van der Waals surface area contributed by atoms with Crippen LogP contribution in [0.2, 0.25) is 0 Å². The third-order valence-corrected chi connectivity index (χ3v) is 4.20. The maximum atomic E-state index is 13.1. The normalized spacial score (nSPS) is 16.3. The zero-order chi connectivity index (χ0) is 21.0. The number of anilines is 2. The number of para-hydroxylation sites is 2. The third kappa shape index (κ3) is 5.31. The molecule has 0 aliphatic carbocycles. The van der Waals surface area contributed by atoms with Gasteiger partial charge in [-0.05, 0) is 44.5 Å². The van der Waals surface area contributed by atoms with Crippen molar-refractivity contribution in [2.75, 3.05) is 16.8 Å². The summed E-state index contributed by atoms with van der Waals surface area (Å²) in [4.78, 5) is 43.5. The summed E-state index contributed by atoms with van der Waals surface area (Å²) in [6.07, 6.45) is 2.67. The molecule has 8 nitrogen and oxygen atoms in total. The number of nitrogens with one attached hydrogen (secondary N) is 2. The molecule has 2 aromatic rings. The molecule has 1 aliphatic heterocycles. The van der Waals surface area contributed by atoms with Crippen LogP contribution in [0.4, 0.5) is 16.2 Å². The summed E-state index contributed by atoms with van der Waals surface area (Å²) in [5.41, 5.74) is 1.13. The molecule has 1 aliphatic rings. The van der Waals surface area contributed by atoms with Crippen molar-refractivity contribution in [3.8, 4) is 0 Å². The van der Waals surface area contributed by atoms with E-state index in [1.807, 2.05) is 6.07 Å². The maximum Gasteiger partial charge on any atom is 0.408 e. The van der Waals surface area contributed by atoms with Crippen molar-refractivity contribution in [2.24, 2.45) is 0 Å². The van der Waals surface area contributed by atoms with Gasteiger partial charge >= 0.3 is 6.09 Å². The minimum absolute atomic E-state index is 0.0127. The first-order chi connectivity index (χ1) is 13.7. The second-order valence-corrected chi connectivity index (χ2v) is 7.75. The van der Waals surface area contributed by atoms with Crippen LogP contribution in [0.3, 0.4) is 0 Å². The molecule has 1 aromatic heterocycles. The number of hydrogen-bond donors (Lipinski definition) is 2. The van der Waals surface area contributed by atoms with Crippen molar-refractivity contribution in [3.05, 3.63) is 54.4 Å². The van der Waals surface area contributed by atoms with E-state index in [9.17, 15) is 14.4 Å². The number of ether oxygens (including phenoxy) is 1. The van der Waals surface area contributed by atoms with Gasteiger partial charge in [-0.15, -0.1) is 0 Å². The molecular formula is C21H24N4O4. The van der Waals surface area contributed by atoms with Gasteiger partial charge in [0.15, 0.2) is 0 Å². The average molecular weight is 396 g/mol. The SMILES string of the molecule is CC(C)(C)OC(=O)N[C@H]1CN(C(=O)Cc2cccnc2)c2ccccc2NC1=O. The van der Waals surface area contributed by atoms with Gasteiger partial charge in [-0.1, -0.05) is 18.2 Å². The van der Waals surface area contributed by atoms with Crippen LogP contribution in [0.5, 0.6) is 0 Å². The van der Waals surface area contributed by atoms with E-state index in [0.29, 0.717) is 11.4 Å². The molecule has 2 N–H and O–H groups in total. The van der Waals surface area contributed by atoms with E-state index >= 15 is 0 Å². The molecule has 3 rings (SSSR count). The molecule has 8 heteroatoms. The van der Waals surface area contributed by atoms with E-state index in [1.165, 1.54) is 4.90 Å². The number of rotatable bonds is 3. The highest BCUT2D eigenvalue weighted by Crippen LogP contribution is 2.29. The van der Waals surface area contributed by atoms with Crippen LogP contribution in [-0.2, 0) is 20.7 Å². The lowest BCUT2D eigenvalue weighted by atomic mass is 10.1. The molecule has 0 bridgehead atoms.